The molecular weight excluding hydrogens is 401 g/mol. The summed E-state index contributed by atoms with van der Waals surface area (Å²) < 4.78 is 5.65. The lowest BCUT2D eigenvalue weighted by atomic mass is 10.2. The molecule has 1 aliphatic carbocycles. The van der Waals surface area contributed by atoms with E-state index in [0.717, 1.165) is 51.1 Å². The van der Waals surface area contributed by atoms with E-state index >= 15 is 0 Å². The first-order valence-electron chi connectivity index (χ1n) is 8.40. The molecule has 1 fully saturated rings. The lowest BCUT2D eigenvalue weighted by Gasteiger charge is -2.22. The van der Waals surface area contributed by atoms with E-state index in [0.29, 0.717) is 0 Å². The van der Waals surface area contributed by atoms with Gasteiger partial charge in [-0.25, -0.2) is 0 Å². The van der Waals surface area contributed by atoms with Crippen molar-refractivity contribution < 1.29 is 4.74 Å². The summed E-state index contributed by atoms with van der Waals surface area (Å²) in [5.41, 5.74) is 1.29. The van der Waals surface area contributed by atoms with Gasteiger partial charge in [-0.05, 0) is 37.7 Å². The number of benzene rings is 1. The Morgan fingerprint density at radius 3 is 2.70 bits per heavy atom. The molecule has 1 aromatic rings. The van der Waals surface area contributed by atoms with Crippen LogP contribution >= 0.6 is 24.0 Å². The van der Waals surface area contributed by atoms with E-state index in [2.05, 4.69) is 48.5 Å². The molecule has 4 nitrogen and oxygen atoms in total. The van der Waals surface area contributed by atoms with Crippen LogP contribution in [-0.2, 0) is 11.3 Å². The molecule has 0 bridgehead atoms. The van der Waals surface area contributed by atoms with Crippen molar-refractivity contribution in [2.45, 2.75) is 32.7 Å². The topological polar surface area (TPSA) is 36.9 Å². The second-order valence-corrected chi connectivity index (χ2v) is 5.95. The third kappa shape index (κ3) is 8.55. The van der Waals surface area contributed by atoms with E-state index in [1.807, 2.05) is 6.07 Å². The Morgan fingerprint density at radius 1 is 1.30 bits per heavy atom. The number of guanidine groups is 1. The van der Waals surface area contributed by atoms with Crippen molar-refractivity contribution in [1.29, 1.82) is 0 Å². The van der Waals surface area contributed by atoms with E-state index in [9.17, 15) is 0 Å². The van der Waals surface area contributed by atoms with Crippen LogP contribution in [0.5, 0.6) is 0 Å². The zero-order valence-corrected chi connectivity index (χ0v) is 16.7. The molecule has 0 aliphatic heterocycles. The lowest BCUT2D eigenvalue weighted by Crippen LogP contribution is -2.38. The van der Waals surface area contributed by atoms with Gasteiger partial charge in [0.15, 0.2) is 5.96 Å². The fourth-order valence-electron chi connectivity index (χ4n) is 2.29. The standard InChI is InChI=1S/C18H29N3O.HI/c1-3-19-18(20-12-7-13-22-15-17-10-11-17)21(2)14-16-8-5-4-6-9-16;/h4-6,8-9,17H,3,7,10-15H2,1-2H3,(H,19,20);1H. The molecule has 0 atom stereocenters. The average Bonchev–Trinajstić information content (AvgIpc) is 3.34. The van der Waals surface area contributed by atoms with Crippen LogP contribution in [0.25, 0.3) is 0 Å². The Balaban J connectivity index is 0.00000264. The van der Waals surface area contributed by atoms with Crippen LogP contribution in [0.15, 0.2) is 35.3 Å². The predicted octanol–water partition coefficient (Wildman–Crippen LogP) is 3.52. The SMILES string of the molecule is CCNC(=NCCCOCC1CC1)N(C)Cc1ccccc1.I. The van der Waals surface area contributed by atoms with E-state index in [1.165, 1.54) is 18.4 Å². The van der Waals surface area contributed by atoms with Gasteiger partial charge in [0.25, 0.3) is 0 Å². The monoisotopic (exact) mass is 431 g/mol. The zero-order valence-electron chi connectivity index (χ0n) is 14.3. The van der Waals surface area contributed by atoms with Gasteiger partial charge in [0.1, 0.15) is 0 Å². The first kappa shape index (κ1) is 20.2. The summed E-state index contributed by atoms with van der Waals surface area (Å²) in [6.07, 6.45) is 3.70. The molecule has 0 radical (unpaired) electrons. The van der Waals surface area contributed by atoms with Gasteiger partial charge >= 0.3 is 0 Å². The predicted molar refractivity (Wildman–Crippen MR) is 107 cm³/mol. The number of aliphatic imine (C=N–C) groups is 1. The van der Waals surface area contributed by atoms with E-state index in [-0.39, 0.29) is 24.0 Å². The summed E-state index contributed by atoms with van der Waals surface area (Å²) >= 11 is 0. The average molecular weight is 431 g/mol. The molecule has 1 aliphatic rings. The normalized spacial score (nSPS) is 14.3. The van der Waals surface area contributed by atoms with Gasteiger partial charge in [-0.15, -0.1) is 24.0 Å². The summed E-state index contributed by atoms with van der Waals surface area (Å²) in [6, 6.07) is 10.5. The largest absolute Gasteiger partial charge is 0.381 e. The quantitative estimate of drug-likeness (QED) is 0.281. The number of ether oxygens (including phenoxy) is 1. The maximum Gasteiger partial charge on any atom is 0.193 e. The highest BCUT2D eigenvalue weighted by Gasteiger charge is 2.20. The van der Waals surface area contributed by atoms with Crippen LogP contribution < -0.4 is 5.32 Å². The minimum Gasteiger partial charge on any atom is -0.381 e. The summed E-state index contributed by atoms with van der Waals surface area (Å²) in [5.74, 6) is 1.81. The molecule has 130 valence electrons. The van der Waals surface area contributed by atoms with Crippen molar-refractivity contribution in [1.82, 2.24) is 10.2 Å². The zero-order chi connectivity index (χ0) is 15.6. The van der Waals surface area contributed by atoms with Crippen LogP contribution in [0.4, 0.5) is 0 Å². The molecule has 0 unspecified atom stereocenters. The van der Waals surface area contributed by atoms with Gasteiger partial charge in [0, 0.05) is 39.9 Å². The number of hydrogen-bond acceptors (Lipinski definition) is 2. The summed E-state index contributed by atoms with van der Waals surface area (Å²) in [6.45, 7) is 6.43. The molecule has 0 amide bonds. The van der Waals surface area contributed by atoms with Crippen molar-refractivity contribution >= 4 is 29.9 Å². The number of rotatable bonds is 9. The van der Waals surface area contributed by atoms with Crippen molar-refractivity contribution in [2.24, 2.45) is 10.9 Å². The second-order valence-electron chi connectivity index (χ2n) is 5.95. The minimum absolute atomic E-state index is 0. The molecule has 0 aromatic heterocycles. The maximum absolute atomic E-state index is 5.65. The Hall–Kier alpha value is -0.820. The van der Waals surface area contributed by atoms with E-state index in [4.69, 9.17) is 9.73 Å². The molecule has 1 N–H and O–H groups in total. The Labute approximate surface area is 157 Å². The van der Waals surface area contributed by atoms with Crippen LogP contribution in [0.3, 0.4) is 0 Å². The number of hydrogen-bond donors (Lipinski definition) is 1. The smallest absolute Gasteiger partial charge is 0.193 e. The highest BCUT2D eigenvalue weighted by atomic mass is 127. The van der Waals surface area contributed by atoms with Crippen molar-refractivity contribution in [2.75, 3.05) is 33.4 Å². The first-order chi connectivity index (χ1) is 10.8. The van der Waals surface area contributed by atoms with Gasteiger partial charge in [-0.3, -0.25) is 4.99 Å². The third-order valence-corrected chi connectivity index (χ3v) is 3.72. The van der Waals surface area contributed by atoms with Crippen LogP contribution in [0, 0.1) is 5.92 Å². The second kappa shape index (κ2) is 11.7. The van der Waals surface area contributed by atoms with Gasteiger partial charge in [0.05, 0.1) is 0 Å². The molecule has 2 rings (SSSR count). The first-order valence-corrected chi connectivity index (χ1v) is 8.40. The van der Waals surface area contributed by atoms with Crippen molar-refractivity contribution in [3.63, 3.8) is 0 Å². The highest BCUT2D eigenvalue weighted by molar-refractivity contribution is 14.0. The molecule has 1 aromatic carbocycles. The Bertz CT molecular complexity index is 449. The lowest BCUT2D eigenvalue weighted by molar-refractivity contribution is 0.123. The maximum atomic E-state index is 5.65. The third-order valence-electron chi connectivity index (χ3n) is 3.72. The minimum atomic E-state index is 0. The Morgan fingerprint density at radius 2 is 2.04 bits per heavy atom. The Kier molecular flexibility index (Phi) is 10.3. The van der Waals surface area contributed by atoms with Gasteiger partial charge in [-0.2, -0.15) is 0 Å². The summed E-state index contributed by atoms with van der Waals surface area (Å²) in [5, 5.41) is 3.36. The number of halogens is 1. The van der Waals surface area contributed by atoms with Crippen LogP contribution in [-0.4, -0.2) is 44.2 Å². The highest BCUT2D eigenvalue weighted by Crippen LogP contribution is 2.28. The van der Waals surface area contributed by atoms with Crippen molar-refractivity contribution in [3.8, 4) is 0 Å². The molecule has 5 heteroatoms. The van der Waals surface area contributed by atoms with E-state index < -0.39 is 0 Å². The van der Waals surface area contributed by atoms with Gasteiger partial charge in [0.2, 0.25) is 0 Å². The molecular formula is C18H30IN3O. The molecule has 1 saturated carbocycles. The molecule has 0 heterocycles. The fraction of sp³-hybridized carbons (Fsp3) is 0.611. The molecule has 0 spiro atoms. The van der Waals surface area contributed by atoms with Crippen LogP contribution in [0.1, 0.15) is 31.7 Å². The van der Waals surface area contributed by atoms with E-state index in [1.54, 1.807) is 0 Å². The molecule has 0 saturated heterocycles. The fourth-order valence-corrected chi connectivity index (χ4v) is 2.29. The van der Waals surface area contributed by atoms with Gasteiger partial charge in [-0.1, -0.05) is 30.3 Å². The summed E-state index contributed by atoms with van der Waals surface area (Å²) in [4.78, 5) is 6.86. The number of nitrogens with one attached hydrogen (secondary N) is 1. The number of nitrogens with zero attached hydrogens (tertiary/aromatic N) is 2. The van der Waals surface area contributed by atoms with Crippen molar-refractivity contribution in [3.05, 3.63) is 35.9 Å². The summed E-state index contributed by atoms with van der Waals surface area (Å²) in [7, 11) is 2.08. The van der Waals surface area contributed by atoms with Crippen LogP contribution in [0.2, 0.25) is 0 Å². The van der Waals surface area contributed by atoms with Gasteiger partial charge < -0.3 is 15.0 Å². The molecule has 23 heavy (non-hydrogen) atoms.